The normalized spacial score (nSPS) is 14.7. The number of hydrogen-bond acceptors (Lipinski definition) is 2. The van der Waals surface area contributed by atoms with Crippen molar-refractivity contribution in [2.75, 3.05) is 0 Å². The Hall–Kier alpha value is -2.69. The molecule has 5 heteroatoms. The summed E-state index contributed by atoms with van der Waals surface area (Å²) in [5.74, 6) is -0.432. The summed E-state index contributed by atoms with van der Waals surface area (Å²) in [6.45, 7) is -0.176. The predicted molar refractivity (Wildman–Crippen MR) is 98.0 cm³/mol. The zero-order valence-electron chi connectivity index (χ0n) is 14.7. The molecule has 3 rings (SSSR count). The number of imide groups is 1. The monoisotopic (exact) mass is 354 g/mol. The first-order valence-electron chi connectivity index (χ1n) is 9.06. The van der Waals surface area contributed by atoms with Gasteiger partial charge in [-0.15, -0.1) is 0 Å². The SMILES string of the molecule is O=C(c1ccccc1)N(C(=O)N(F)Cc1ccccc1)C1CCCCC1. The van der Waals surface area contributed by atoms with E-state index >= 15 is 0 Å². The first kappa shape index (κ1) is 18.1. The molecule has 0 aliphatic heterocycles. The fourth-order valence-electron chi connectivity index (χ4n) is 3.40. The van der Waals surface area contributed by atoms with Crippen LogP contribution in [0.2, 0.25) is 0 Å². The van der Waals surface area contributed by atoms with Crippen molar-refractivity contribution < 1.29 is 14.1 Å². The minimum absolute atomic E-state index is 0.144. The first-order valence-corrected chi connectivity index (χ1v) is 9.06. The van der Waals surface area contributed by atoms with E-state index in [0.717, 1.165) is 37.0 Å². The van der Waals surface area contributed by atoms with Crippen molar-refractivity contribution in [1.29, 1.82) is 0 Å². The number of carbonyl (C=O) groups excluding carboxylic acids is 2. The van der Waals surface area contributed by atoms with E-state index in [2.05, 4.69) is 0 Å². The van der Waals surface area contributed by atoms with Gasteiger partial charge in [0.25, 0.3) is 5.91 Å². The smallest absolute Gasteiger partial charge is 0.269 e. The Morgan fingerprint density at radius 3 is 2.08 bits per heavy atom. The van der Waals surface area contributed by atoms with Gasteiger partial charge in [-0.05, 0) is 30.5 Å². The molecular weight excluding hydrogens is 331 g/mol. The average Bonchev–Trinajstić information content (AvgIpc) is 2.70. The maximum absolute atomic E-state index is 14.7. The standard InChI is InChI=1S/C21H23FN2O2/c22-23(16-17-10-4-1-5-11-17)21(26)24(19-14-8-3-9-15-19)20(25)18-12-6-2-7-13-18/h1-2,4-7,10-13,19H,3,8-9,14-16H2. The van der Waals surface area contributed by atoms with Crippen LogP contribution in [0.4, 0.5) is 9.28 Å². The Bertz CT molecular complexity index is 730. The van der Waals surface area contributed by atoms with Crippen molar-refractivity contribution in [2.24, 2.45) is 0 Å². The highest BCUT2D eigenvalue weighted by Crippen LogP contribution is 2.26. The van der Waals surface area contributed by atoms with Crippen LogP contribution < -0.4 is 0 Å². The second kappa shape index (κ2) is 8.61. The fourth-order valence-corrected chi connectivity index (χ4v) is 3.40. The Kier molecular flexibility index (Phi) is 6.00. The lowest BCUT2D eigenvalue weighted by atomic mass is 9.94. The molecule has 3 amide bonds. The Morgan fingerprint density at radius 2 is 1.46 bits per heavy atom. The molecule has 26 heavy (non-hydrogen) atoms. The van der Waals surface area contributed by atoms with Crippen molar-refractivity contribution in [1.82, 2.24) is 10.0 Å². The minimum Gasteiger partial charge on any atom is -0.269 e. The van der Waals surface area contributed by atoms with E-state index in [1.54, 1.807) is 54.6 Å². The highest BCUT2D eigenvalue weighted by molar-refractivity contribution is 6.04. The van der Waals surface area contributed by atoms with Crippen molar-refractivity contribution >= 4 is 11.9 Å². The molecule has 2 aromatic rings. The van der Waals surface area contributed by atoms with Gasteiger partial charge in [0.15, 0.2) is 0 Å². The highest BCUT2D eigenvalue weighted by atomic mass is 19.2. The van der Waals surface area contributed by atoms with Crippen LogP contribution >= 0.6 is 0 Å². The van der Waals surface area contributed by atoms with E-state index < -0.39 is 11.9 Å². The lowest BCUT2D eigenvalue weighted by molar-refractivity contribution is 0.0207. The summed E-state index contributed by atoms with van der Waals surface area (Å²) in [4.78, 5) is 26.9. The number of amides is 3. The quantitative estimate of drug-likeness (QED) is 0.728. The van der Waals surface area contributed by atoms with Gasteiger partial charge in [0.05, 0.1) is 6.54 Å². The van der Waals surface area contributed by atoms with Crippen molar-refractivity contribution in [3.05, 3.63) is 71.8 Å². The fraction of sp³-hybridized carbons (Fsp3) is 0.333. The number of carbonyl (C=O) groups is 2. The summed E-state index contributed by atoms with van der Waals surface area (Å²) >= 11 is 0. The summed E-state index contributed by atoms with van der Waals surface area (Å²) < 4.78 is 14.7. The lowest BCUT2D eigenvalue weighted by Crippen LogP contribution is -2.49. The van der Waals surface area contributed by atoms with E-state index in [4.69, 9.17) is 0 Å². The molecule has 1 saturated carbocycles. The van der Waals surface area contributed by atoms with Crippen LogP contribution in [0, 0.1) is 0 Å². The van der Waals surface area contributed by atoms with Crippen LogP contribution in [0.5, 0.6) is 0 Å². The second-order valence-electron chi connectivity index (χ2n) is 6.62. The molecule has 0 heterocycles. The molecule has 0 atom stereocenters. The van der Waals surface area contributed by atoms with Gasteiger partial charge in [0.1, 0.15) is 0 Å². The molecule has 2 aromatic carbocycles. The molecule has 1 fully saturated rings. The molecule has 1 aliphatic carbocycles. The molecule has 0 aromatic heterocycles. The molecule has 136 valence electrons. The molecular formula is C21H23FN2O2. The third-order valence-electron chi connectivity index (χ3n) is 4.76. The van der Waals surface area contributed by atoms with Gasteiger partial charge in [0.2, 0.25) is 0 Å². The van der Waals surface area contributed by atoms with Gasteiger partial charge in [-0.3, -0.25) is 9.69 Å². The topological polar surface area (TPSA) is 40.6 Å². The number of rotatable bonds is 4. The lowest BCUT2D eigenvalue weighted by Gasteiger charge is -2.34. The van der Waals surface area contributed by atoms with E-state index in [9.17, 15) is 14.1 Å². The van der Waals surface area contributed by atoms with E-state index in [1.165, 1.54) is 0 Å². The maximum Gasteiger partial charge on any atom is 0.355 e. The summed E-state index contributed by atoms with van der Waals surface area (Å²) in [6, 6.07) is 16.4. The summed E-state index contributed by atoms with van der Waals surface area (Å²) in [5.41, 5.74) is 1.08. The van der Waals surface area contributed by atoms with Crippen LogP contribution in [0.1, 0.15) is 48.0 Å². The summed E-state index contributed by atoms with van der Waals surface area (Å²) in [7, 11) is 0. The summed E-state index contributed by atoms with van der Waals surface area (Å²) in [5, 5.41) is 0.144. The first-order chi connectivity index (χ1) is 12.7. The maximum atomic E-state index is 14.7. The van der Waals surface area contributed by atoms with E-state index in [1.807, 2.05) is 6.07 Å². The molecule has 0 bridgehead atoms. The molecule has 0 spiro atoms. The highest BCUT2D eigenvalue weighted by Gasteiger charge is 2.34. The van der Waals surface area contributed by atoms with Crippen LogP contribution in [-0.4, -0.2) is 28.0 Å². The number of nitrogens with zero attached hydrogens (tertiary/aromatic N) is 2. The van der Waals surface area contributed by atoms with Gasteiger partial charge in [-0.25, -0.2) is 4.79 Å². The van der Waals surface area contributed by atoms with E-state index in [-0.39, 0.29) is 17.7 Å². The average molecular weight is 354 g/mol. The van der Waals surface area contributed by atoms with Gasteiger partial charge < -0.3 is 0 Å². The zero-order chi connectivity index (χ0) is 18.4. The number of halogens is 1. The van der Waals surface area contributed by atoms with Gasteiger partial charge in [-0.2, -0.15) is 5.12 Å². The molecule has 4 nitrogen and oxygen atoms in total. The van der Waals surface area contributed by atoms with Crippen molar-refractivity contribution in [2.45, 2.75) is 44.7 Å². The molecule has 0 N–H and O–H groups in total. The largest absolute Gasteiger partial charge is 0.355 e. The van der Waals surface area contributed by atoms with Crippen molar-refractivity contribution in [3.8, 4) is 0 Å². The van der Waals surface area contributed by atoms with Gasteiger partial charge >= 0.3 is 6.03 Å². The predicted octanol–water partition coefficient (Wildman–Crippen LogP) is 4.97. The minimum atomic E-state index is -0.880. The molecule has 0 saturated heterocycles. The molecule has 0 radical (unpaired) electrons. The van der Waals surface area contributed by atoms with E-state index in [0.29, 0.717) is 11.1 Å². The molecule has 1 aliphatic rings. The number of benzene rings is 2. The third-order valence-corrected chi connectivity index (χ3v) is 4.76. The van der Waals surface area contributed by atoms with Gasteiger partial charge in [0, 0.05) is 11.6 Å². The van der Waals surface area contributed by atoms with Gasteiger partial charge in [-0.1, -0.05) is 72.3 Å². The molecule has 0 unspecified atom stereocenters. The van der Waals surface area contributed by atoms with Crippen LogP contribution in [0.3, 0.4) is 0 Å². The van der Waals surface area contributed by atoms with Crippen LogP contribution in [-0.2, 0) is 6.54 Å². The Labute approximate surface area is 153 Å². The Balaban J connectivity index is 1.82. The third kappa shape index (κ3) is 4.28. The van der Waals surface area contributed by atoms with Crippen LogP contribution in [0.25, 0.3) is 0 Å². The van der Waals surface area contributed by atoms with Crippen LogP contribution in [0.15, 0.2) is 60.7 Å². The number of urea groups is 1. The second-order valence-corrected chi connectivity index (χ2v) is 6.62. The van der Waals surface area contributed by atoms with Crippen molar-refractivity contribution in [3.63, 3.8) is 0 Å². The summed E-state index contributed by atoms with van der Waals surface area (Å²) in [6.07, 6.45) is 4.43. The Morgan fingerprint density at radius 1 is 0.885 bits per heavy atom. The number of hydrogen-bond donors (Lipinski definition) is 0. The zero-order valence-corrected chi connectivity index (χ0v) is 14.7.